The summed E-state index contributed by atoms with van der Waals surface area (Å²) in [5.74, 6) is 1.03. The maximum Gasteiger partial charge on any atom is 0.241 e. The zero-order chi connectivity index (χ0) is 12.3. The van der Waals surface area contributed by atoms with Crippen molar-refractivity contribution in [2.24, 2.45) is 5.92 Å². The van der Waals surface area contributed by atoms with Crippen molar-refractivity contribution in [3.63, 3.8) is 0 Å². The predicted octanol–water partition coefficient (Wildman–Crippen LogP) is 0.585. The molecule has 2 aliphatic rings. The van der Waals surface area contributed by atoms with Crippen LogP contribution in [0.15, 0.2) is 0 Å². The minimum Gasteiger partial charge on any atom is -0.341 e. The van der Waals surface area contributed by atoms with Gasteiger partial charge in [0.15, 0.2) is 0 Å². The van der Waals surface area contributed by atoms with E-state index >= 15 is 0 Å². The van der Waals surface area contributed by atoms with E-state index in [1.807, 2.05) is 11.9 Å². The smallest absolute Gasteiger partial charge is 0.241 e. The third kappa shape index (κ3) is 3.19. The molecule has 1 heterocycles. The molecule has 1 saturated heterocycles. The van der Waals surface area contributed by atoms with Gasteiger partial charge in [-0.15, -0.1) is 0 Å². The van der Waals surface area contributed by atoms with Gasteiger partial charge in [-0.3, -0.25) is 4.79 Å². The van der Waals surface area contributed by atoms with E-state index in [1.165, 1.54) is 25.7 Å². The van der Waals surface area contributed by atoms with Gasteiger partial charge in [0.2, 0.25) is 5.91 Å². The second-order valence-corrected chi connectivity index (χ2v) is 5.59. The number of nitrogens with one attached hydrogen (secondary N) is 2. The Balaban J connectivity index is 1.89. The van der Waals surface area contributed by atoms with Crippen LogP contribution in [0.4, 0.5) is 0 Å². The molecule has 1 aliphatic carbocycles. The Morgan fingerprint density at radius 3 is 2.76 bits per heavy atom. The minimum atomic E-state index is -0.0222. The molecule has 1 saturated carbocycles. The van der Waals surface area contributed by atoms with Gasteiger partial charge in [0.25, 0.3) is 0 Å². The van der Waals surface area contributed by atoms with Gasteiger partial charge in [-0.05, 0) is 18.8 Å². The second kappa shape index (κ2) is 5.83. The fourth-order valence-electron chi connectivity index (χ4n) is 3.01. The van der Waals surface area contributed by atoms with Crippen molar-refractivity contribution in [1.82, 2.24) is 15.5 Å². The van der Waals surface area contributed by atoms with E-state index in [-0.39, 0.29) is 11.9 Å². The van der Waals surface area contributed by atoms with E-state index in [4.69, 9.17) is 0 Å². The summed E-state index contributed by atoms with van der Waals surface area (Å²) in [6.45, 7) is 4.93. The van der Waals surface area contributed by atoms with E-state index in [0.29, 0.717) is 6.04 Å². The number of piperazine rings is 1. The quantitative estimate of drug-likeness (QED) is 0.741. The molecule has 98 valence electrons. The van der Waals surface area contributed by atoms with Crippen molar-refractivity contribution in [1.29, 1.82) is 0 Å². The number of hydrogen-bond donors (Lipinski definition) is 2. The molecule has 3 unspecified atom stereocenters. The maximum atomic E-state index is 12.3. The summed E-state index contributed by atoms with van der Waals surface area (Å²) in [6, 6.07) is 0.431. The van der Waals surface area contributed by atoms with Crippen LogP contribution >= 0.6 is 0 Å². The van der Waals surface area contributed by atoms with Gasteiger partial charge in [-0.2, -0.15) is 0 Å². The molecule has 0 radical (unpaired) electrons. The molecule has 4 heteroatoms. The van der Waals surface area contributed by atoms with Crippen molar-refractivity contribution in [2.75, 3.05) is 26.7 Å². The topological polar surface area (TPSA) is 44.4 Å². The van der Waals surface area contributed by atoms with Crippen molar-refractivity contribution >= 4 is 5.91 Å². The highest BCUT2D eigenvalue weighted by Gasteiger charge is 2.30. The molecule has 0 spiro atoms. The molecule has 1 amide bonds. The first kappa shape index (κ1) is 12.8. The maximum absolute atomic E-state index is 12.3. The van der Waals surface area contributed by atoms with Gasteiger partial charge in [0, 0.05) is 32.7 Å². The first-order valence-corrected chi connectivity index (χ1v) is 6.89. The van der Waals surface area contributed by atoms with Crippen molar-refractivity contribution < 1.29 is 4.79 Å². The fourth-order valence-corrected chi connectivity index (χ4v) is 3.01. The lowest BCUT2D eigenvalue weighted by molar-refractivity contribution is -0.135. The van der Waals surface area contributed by atoms with Gasteiger partial charge in [0.1, 0.15) is 0 Å². The van der Waals surface area contributed by atoms with Gasteiger partial charge in [-0.25, -0.2) is 0 Å². The van der Waals surface area contributed by atoms with Crippen LogP contribution in [0, 0.1) is 5.92 Å². The lowest BCUT2D eigenvalue weighted by Crippen LogP contribution is -2.57. The van der Waals surface area contributed by atoms with E-state index < -0.39 is 0 Å². The largest absolute Gasteiger partial charge is 0.341 e. The van der Waals surface area contributed by atoms with E-state index in [9.17, 15) is 4.79 Å². The summed E-state index contributed by atoms with van der Waals surface area (Å²) >= 11 is 0. The van der Waals surface area contributed by atoms with Crippen LogP contribution in [0.3, 0.4) is 0 Å². The van der Waals surface area contributed by atoms with Crippen molar-refractivity contribution in [2.45, 2.75) is 44.7 Å². The lowest BCUT2D eigenvalue weighted by Gasteiger charge is -2.37. The Morgan fingerprint density at radius 2 is 2.12 bits per heavy atom. The number of nitrogens with zero attached hydrogens (tertiary/aromatic N) is 1. The summed E-state index contributed by atoms with van der Waals surface area (Å²) in [6.07, 6.45) is 4.93. The van der Waals surface area contributed by atoms with Crippen LogP contribution in [-0.2, 0) is 4.79 Å². The van der Waals surface area contributed by atoms with Gasteiger partial charge >= 0.3 is 0 Å². The number of rotatable bonds is 2. The molecular formula is C13H25N3O. The van der Waals surface area contributed by atoms with Crippen LogP contribution in [-0.4, -0.2) is 49.6 Å². The first-order chi connectivity index (χ1) is 8.18. The Morgan fingerprint density at radius 1 is 1.29 bits per heavy atom. The van der Waals surface area contributed by atoms with Crippen molar-refractivity contribution in [3.8, 4) is 0 Å². The zero-order valence-corrected chi connectivity index (χ0v) is 11.0. The Kier molecular flexibility index (Phi) is 4.40. The second-order valence-electron chi connectivity index (χ2n) is 5.59. The number of amides is 1. The molecule has 3 atom stereocenters. The third-order valence-electron chi connectivity index (χ3n) is 4.14. The highest BCUT2D eigenvalue weighted by Crippen LogP contribution is 2.26. The summed E-state index contributed by atoms with van der Waals surface area (Å²) in [5.41, 5.74) is 0. The Bertz CT molecular complexity index is 263. The molecule has 17 heavy (non-hydrogen) atoms. The summed E-state index contributed by atoms with van der Waals surface area (Å²) < 4.78 is 0. The highest BCUT2D eigenvalue weighted by atomic mass is 16.2. The number of carbonyl (C=O) groups is 1. The fraction of sp³-hybridized carbons (Fsp3) is 0.923. The zero-order valence-electron chi connectivity index (χ0n) is 11.0. The molecule has 0 aromatic rings. The number of likely N-dealkylation sites (N-methyl/N-ethyl adjacent to an activating group) is 1. The standard InChI is InChI=1S/C13H25N3O/c1-10-4-3-5-11(8-10)16(2)13(17)12-9-14-6-7-15-12/h10-12,14-15H,3-9H2,1-2H3. The monoisotopic (exact) mass is 239 g/mol. The lowest BCUT2D eigenvalue weighted by atomic mass is 9.86. The molecule has 2 fully saturated rings. The summed E-state index contributed by atoms with van der Waals surface area (Å²) in [7, 11) is 1.97. The predicted molar refractivity (Wildman–Crippen MR) is 68.9 cm³/mol. The summed E-state index contributed by atoms with van der Waals surface area (Å²) in [4.78, 5) is 14.3. The number of carbonyl (C=O) groups excluding carboxylic acids is 1. The SMILES string of the molecule is CC1CCCC(N(C)C(=O)C2CNCCN2)C1. The average Bonchev–Trinajstić information content (AvgIpc) is 2.38. The molecule has 1 aliphatic heterocycles. The normalized spacial score (nSPS) is 34.4. The Hall–Kier alpha value is -0.610. The van der Waals surface area contributed by atoms with E-state index in [1.54, 1.807) is 0 Å². The van der Waals surface area contributed by atoms with E-state index in [0.717, 1.165) is 25.6 Å². The molecule has 0 aromatic heterocycles. The van der Waals surface area contributed by atoms with Gasteiger partial charge < -0.3 is 15.5 Å². The van der Waals surface area contributed by atoms with Gasteiger partial charge in [0.05, 0.1) is 6.04 Å². The molecule has 4 nitrogen and oxygen atoms in total. The van der Waals surface area contributed by atoms with Gasteiger partial charge in [-0.1, -0.05) is 19.8 Å². The Labute approximate surface area is 104 Å². The molecule has 0 bridgehead atoms. The first-order valence-electron chi connectivity index (χ1n) is 6.89. The van der Waals surface area contributed by atoms with E-state index in [2.05, 4.69) is 17.6 Å². The molecule has 2 rings (SSSR count). The van der Waals surface area contributed by atoms with Crippen LogP contribution in [0.2, 0.25) is 0 Å². The highest BCUT2D eigenvalue weighted by molar-refractivity contribution is 5.82. The van der Waals surface area contributed by atoms with Crippen LogP contribution in [0.25, 0.3) is 0 Å². The van der Waals surface area contributed by atoms with Crippen LogP contribution in [0.5, 0.6) is 0 Å². The van der Waals surface area contributed by atoms with Crippen molar-refractivity contribution in [3.05, 3.63) is 0 Å². The average molecular weight is 239 g/mol. The molecule has 2 N–H and O–H groups in total. The van der Waals surface area contributed by atoms with Crippen LogP contribution in [0.1, 0.15) is 32.6 Å². The minimum absolute atomic E-state index is 0.0222. The van der Waals surface area contributed by atoms with Crippen LogP contribution < -0.4 is 10.6 Å². The molecular weight excluding hydrogens is 214 g/mol. The third-order valence-corrected chi connectivity index (χ3v) is 4.14. The summed E-state index contributed by atoms with van der Waals surface area (Å²) in [5, 5.41) is 6.57. The molecule has 0 aromatic carbocycles. The number of hydrogen-bond acceptors (Lipinski definition) is 3.